The highest BCUT2D eigenvalue weighted by Crippen LogP contribution is 2.29. The van der Waals surface area contributed by atoms with Crippen LogP contribution in [0.2, 0.25) is 0 Å². The van der Waals surface area contributed by atoms with Crippen molar-refractivity contribution < 1.29 is 14.3 Å². The Morgan fingerprint density at radius 2 is 1.97 bits per heavy atom. The van der Waals surface area contributed by atoms with Crippen molar-refractivity contribution in [3.05, 3.63) is 58.5 Å². The van der Waals surface area contributed by atoms with Crippen molar-refractivity contribution >= 4 is 30.4 Å². The summed E-state index contributed by atoms with van der Waals surface area (Å²) in [6, 6.07) is 7.58. The van der Waals surface area contributed by atoms with Gasteiger partial charge in [-0.2, -0.15) is 0 Å². The van der Waals surface area contributed by atoms with Gasteiger partial charge in [0.2, 0.25) is 11.8 Å². The van der Waals surface area contributed by atoms with Crippen LogP contribution in [0.5, 0.6) is 5.75 Å². The van der Waals surface area contributed by atoms with Gasteiger partial charge >= 0.3 is 0 Å². The monoisotopic (exact) mass is 485 g/mol. The maximum Gasteiger partial charge on any atom is 0.228 e. The van der Waals surface area contributed by atoms with Crippen LogP contribution in [0.1, 0.15) is 48.4 Å². The minimum Gasteiger partial charge on any atom is -0.487 e. The van der Waals surface area contributed by atoms with Crippen LogP contribution >= 0.6 is 0 Å². The molecule has 2 fully saturated rings. The molecule has 1 aliphatic carbocycles. The van der Waals surface area contributed by atoms with E-state index in [0.29, 0.717) is 30.9 Å². The van der Waals surface area contributed by atoms with Gasteiger partial charge in [-0.3, -0.25) is 9.59 Å². The lowest BCUT2D eigenvalue weighted by Gasteiger charge is -2.38. The lowest BCUT2D eigenvalue weighted by molar-refractivity contribution is -0.139. The van der Waals surface area contributed by atoms with Gasteiger partial charge in [-0.1, -0.05) is 18.8 Å². The predicted octanol–water partition coefficient (Wildman–Crippen LogP) is 3.36. The normalized spacial score (nSPS) is 15.3. The van der Waals surface area contributed by atoms with Crippen molar-refractivity contribution in [1.29, 1.82) is 0 Å². The van der Waals surface area contributed by atoms with E-state index in [-0.39, 0.29) is 23.8 Å². The highest BCUT2D eigenvalue weighted by Gasteiger charge is 2.31. The Kier molecular flexibility index (Phi) is 7.69. The number of carbonyl (C=O) groups is 2. The molecule has 1 aliphatic heterocycles. The van der Waals surface area contributed by atoms with Crippen LogP contribution in [0.3, 0.4) is 0 Å². The second-order valence-corrected chi connectivity index (χ2v) is 8.93. The van der Waals surface area contributed by atoms with Crippen LogP contribution in [-0.4, -0.2) is 54.7 Å². The summed E-state index contributed by atoms with van der Waals surface area (Å²) >= 11 is 0. The zero-order valence-corrected chi connectivity index (χ0v) is 20.9. The van der Waals surface area contributed by atoms with Gasteiger partial charge in [0.05, 0.1) is 18.7 Å². The maximum absolute atomic E-state index is 12.2. The number of hydrogen-bond donors (Lipinski definition) is 2. The average molecular weight is 486 g/mol. The van der Waals surface area contributed by atoms with Crippen LogP contribution in [0.25, 0.3) is 6.08 Å². The molecule has 36 heavy (non-hydrogen) atoms. The van der Waals surface area contributed by atoms with Crippen LogP contribution in [0.4, 0.5) is 5.82 Å². The second kappa shape index (κ2) is 11.1. The molecule has 2 N–H and O–H groups in total. The first kappa shape index (κ1) is 25.0. The summed E-state index contributed by atoms with van der Waals surface area (Å²) < 4.78 is 5.94. The van der Waals surface area contributed by atoms with Crippen LogP contribution in [-0.2, 0) is 9.59 Å². The summed E-state index contributed by atoms with van der Waals surface area (Å²) in [6.07, 6.45) is 5.86. The maximum atomic E-state index is 12.2. The van der Waals surface area contributed by atoms with E-state index < -0.39 is 0 Å². The van der Waals surface area contributed by atoms with Gasteiger partial charge in [0.15, 0.2) is 0 Å². The minimum atomic E-state index is -0.0317. The molecule has 1 saturated carbocycles. The first-order chi connectivity index (χ1) is 17.4. The predicted molar refractivity (Wildman–Crippen MR) is 141 cm³/mol. The Bertz CT molecular complexity index is 1250. The lowest BCUT2D eigenvalue weighted by atomic mass is 10.0. The summed E-state index contributed by atoms with van der Waals surface area (Å²) in [5, 5.41) is 5.94. The fraction of sp³-hybridized carbons (Fsp3) is 0.357. The van der Waals surface area contributed by atoms with Gasteiger partial charge < -0.3 is 20.3 Å². The van der Waals surface area contributed by atoms with E-state index in [1.54, 1.807) is 17.2 Å². The Morgan fingerprint density at radius 1 is 1.25 bits per heavy atom. The molecule has 1 aromatic heterocycles. The molecule has 1 aromatic carbocycles. The van der Waals surface area contributed by atoms with Crippen LogP contribution < -0.4 is 15.4 Å². The summed E-state index contributed by atoms with van der Waals surface area (Å²) in [6.45, 7) is 8.67. The Labute approximate surface area is 211 Å². The number of likely N-dealkylation sites (tertiary alicyclic amines) is 1. The summed E-state index contributed by atoms with van der Waals surface area (Å²) in [7, 11) is 1.81. The molecule has 2 amide bonds. The highest BCUT2D eigenvalue weighted by atomic mass is 16.5. The first-order valence-electron chi connectivity index (χ1n) is 12.1. The second-order valence-electron chi connectivity index (χ2n) is 8.93. The topological polar surface area (TPSA) is 95.9 Å². The minimum absolute atomic E-state index is 0.0274. The summed E-state index contributed by atoms with van der Waals surface area (Å²) in [5.41, 5.74) is 3.25. The number of rotatable bonds is 8. The third-order valence-electron chi connectivity index (χ3n) is 6.26. The molecule has 186 valence electrons. The van der Waals surface area contributed by atoms with Gasteiger partial charge in [-0.25, -0.2) is 9.98 Å². The molecule has 0 radical (unpaired) electrons. The Hall–Kier alpha value is -4.12. The number of hydrogen-bond acceptors (Lipinski definition) is 6. The molecular formula is C28H31N5O3. The molecule has 0 atom stereocenters. The number of amides is 2. The highest BCUT2D eigenvalue weighted by molar-refractivity contribution is 5.84. The fourth-order valence-corrected chi connectivity index (χ4v) is 3.88. The number of carbonyl (C=O) groups excluding carboxylic acids is 2. The molecule has 2 aromatic rings. The zero-order chi connectivity index (χ0) is 25.7. The largest absolute Gasteiger partial charge is 0.487 e. The van der Waals surface area contributed by atoms with E-state index in [9.17, 15) is 9.59 Å². The molecular weight excluding hydrogens is 454 g/mol. The third-order valence-corrected chi connectivity index (χ3v) is 6.26. The van der Waals surface area contributed by atoms with Crippen LogP contribution in [0, 0.1) is 24.7 Å². The van der Waals surface area contributed by atoms with E-state index in [0.717, 1.165) is 41.1 Å². The summed E-state index contributed by atoms with van der Waals surface area (Å²) in [5.74, 6) is 8.44. The standard InChI is InChI=1S/C28H31N5O3/c1-5-26(34)33-16-23(17-33)36-22-12-7-19(8-13-22)6-9-21-15-31-27(30-4)18(2)24(21)14-25(29-3)32-28(35)20-10-11-20/h7-8,12-15,20,23H,3,5,10-11,16-17H2,1-2,4H3,(H,30,31)(H,32,35)/b25-14+. The zero-order valence-electron chi connectivity index (χ0n) is 20.9. The van der Waals surface area contributed by atoms with Crippen molar-refractivity contribution in [1.82, 2.24) is 15.2 Å². The number of anilines is 1. The van der Waals surface area contributed by atoms with Crippen LogP contribution in [0.15, 0.2) is 41.3 Å². The molecule has 0 spiro atoms. The van der Waals surface area contributed by atoms with E-state index in [4.69, 9.17) is 4.74 Å². The van der Waals surface area contributed by atoms with Crippen molar-refractivity contribution in [2.75, 3.05) is 25.5 Å². The smallest absolute Gasteiger partial charge is 0.228 e. The first-order valence-corrected chi connectivity index (χ1v) is 12.1. The number of ether oxygens (including phenoxy) is 1. The van der Waals surface area contributed by atoms with E-state index in [1.807, 2.05) is 45.2 Å². The van der Waals surface area contributed by atoms with Gasteiger partial charge in [-0.15, -0.1) is 0 Å². The number of pyridine rings is 1. The molecule has 0 unspecified atom stereocenters. The fourth-order valence-electron chi connectivity index (χ4n) is 3.88. The third kappa shape index (κ3) is 5.92. The SMILES string of the molecule is C=N/C(=C\c1c(C#Cc2ccc(OC3CN(C(=O)CC)C3)cc2)cnc(NC)c1C)NC(=O)C1CC1. The number of aliphatic imine (C=N–C) groups is 1. The molecule has 2 aliphatic rings. The number of aromatic nitrogens is 1. The molecule has 2 heterocycles. The molecule has 1 saturated heterocycles. The van der Waals surface area contributed by atoms with E-state index in [2.05, 4.69) is 39.2 Å². The van der Waals surface area contributed by atoms with Gasteiger partial charge in [-0.05, 0) is 62.4 Å². The molecule has 0 bridgehead atoms. The number of nitrogens with zero attached hydrogens (tertiary/aromatic N) is 3. The summed E-state index contributed by atoms with van der Waals surface area (Å²) in [4.78, 5) is 34.2. The number of benzene rings is 1. The average Bonchev–Trinajstić information content (AvgIpc) is 3.71. The lowest BCUT2D eigenvalue weighted by Crippen LogP contribution is -2.56. The quantitative estimate of drug-likeness (QED) is 0.442. The molecule has 4 rings (SSSR count). The Morgan fingerprint density at radius 3 is 2.58 bits per heavy atom. The van der Waals surface area contributed by atoms with Gasteiger partial charge in [0.25, 0.3) is 0 Å². The van der Waals surface area contributed by atoms with E-state index >= 15 is 0 Å². The van der Waals surface area contributed by atoms with Gasteiger partial charge in [0.1, 0.15) is 23.5 Å². The molecule has 8 heteroatoms. The van der Waals surface area contributed by atoms with Crippen molar-refractivity contribution in [2.45, 2.75) is 39.2 Å². The van der Waals surface area contributed by atoms with Crippen molar-refractivity contribution in [3.63, 3.8) is 0 Å². The van der Waals surface area contributed by atoms with Crippen molar-refractivity contribution in [3.8, 4) is 17.6 Å². The van der Waals surface area contributed by atoms with E-state index in [1.165, 1.54) is 0 Å². The molecule has 8 nitrogen and oxygen atoms in total. The van der Waals surface area contributed by atoms with Crippen molar-refractivity contribution in [2.24, 2.45) is 10.9 Å². The van der Waals surface area contributed by atoms with Gasteiger partial charge in [0, 0.05) is 36.7 Å². The Balaban J connectivity index is 1.50. The number of nitrogens with one attached hydrogen (secondary N) is 2.